The zero-order valence-corrected chi connectivity index (χ0v) is 16.1. The number of para-hydroxylation sites is 1. The summed E-state index contributed by atoms with van der Waals surface area (Å²) in [5.74, 6) is 0.399. The van der Waals surface area contributed by atoms with Crippen LogP contribution in [0.4, 0.5) is 0 Å². The zero-order valence-electron chi connectivity index (χ0n) is 15.3. The van der Waals surface area contributed by atoms with Crippen molar-refractivity contribution in [3.05, 3.63) is 94.2 Å². The largest absolute Gasteiger partial charge is 0.496 e. The molecule has 0 aliphatic carbocycles. The van der Waals surface area contributed by atoms with Crippen LogP contribution in [0.25, 0.3) is 6.08 Å². The van der Waals surface area contributed by atoms with Gasteiger partial charge in [-0.25, -0.2) is 4.79 Å². The fourth-order valence-electron chi connectivity index (χ4n) is 2.92. The predicted molar refractivity (Wildman–Crippen MR) is 109 cm³/mol. The quantitative estimate of drug-likeness (QED) is 0.339. The Morgan fingerprint density at radius 3 is 2.55 bits per heavy atom. The van der Waals surface area contributed by atoms with Gasteiger partial charge in [0, 0.05) is 11.1 Å². The molecule has 5 nitrogen and oxygen atoms in total. The number of Topliss-reactive ketones (excluding diaryl/α,β-unsaturated/α-hetero) is 1. The van der Waals surface area contributed by atoms with E-state index in [9.17, 15) is 9.59 Å². The summed E-state index contributed by atoms with van der Waals surface area (Å²) in [7, 11) is 1.48. The smallest absolute Gasteiger partial charge is 0.347 e. The Labute approximate surface area is 172 Å². The lowest BCUT2D eigenvalue weighted by Crippen LogP contribution is -2.10. The molecule has 0 spiro atoms. The van der Waals surface area contributed by atoms with Crippen molar-refractivity contribution in [1.82, 2.24) is 0 Å². The van der Waals surface area contributed by atoms with E-state index in [0.717, 1.165) is 5.56 Å². The molecule has 0 N–H and O–H groups in total. The van der Waals surface area contributed by atoms with Crippen LogP contribution >= 0.6 is 11.6 Å². The van der Waals surface area contributed by atoms with E-state index >= 15 is 0 Å². The molecule has 0 radical (unpaired) electrons. The fraction of sp³-hybridized carbons (Fsp3) is 0.0435. The number of carbonyl (C=O) groups is 2. The third-order valence-corrected chi connectivity index (χ3v) is 4.60. The van der Waals surface area contributed by atoms with Gasteiger partial charge < -0.3 is 14.2 Å². The van der Waals surface area contributed by atoms with Gasteiger partial charge in [0.25, 0.3) is 0 Å². The summed E-state index contributed by atoms with van der Waals surface area (Å²) in [6.45, 7) is 0. The first kappa shape index (κ1) is 18.8. The molecule has 6 heteroatoms. The molecule has 29 heavy (non-hydrogen) atoms. The van der Waals surface area contributed by atoms with Crippen molar-refractivity contribution in [3.63, 3.8) is 0 Å². The van der Waals surface area contributed by atoms with Crippen LogP contribution in [0.3, 0.4) is 0 Å². The molecule has 1 heterocycles. The SMILES string of the molecule is COc1ccccc1C(=O)Oc1ccc2c(c1)O/C(=C\c1ccc(Cl)cc1)C2=O. The molecule has 0 saturated carbocycles. The molecule has 4 rings (SSSR count). The molecule has 3 aromatic rings. The molecule has 0 saturated heterocycles. The van der Waals surface area contributed by atoms with Gasteiger partial charge in [-0.2, -0.15) is 0 Å². The Morgan fingerprint density at radius 1 is 1.03 bits per heavy atom. The minimum absolute atomic E-state index is 0.190. The molecule has 0 bridgehead atoms. The number of benzene rings is 3. The van der Waals surface area contributed by atoms with Gasteiger partial charge in [0.05, 0.1) is 12.7 Å². The predicted octanol–water partition coefficient (Wildman–Crippen LogP) is 5.18. The molecular weight excluding hydrogens is 392 g/mol. The van der Waals surface area contributed by atoms with Gasteiger partial charge in [0.15, 0.2) is 5.76 Å². The number of hydrogen-bond acceptors (Lipinski definition) is 5. The topological polar surface area (TPSA) is 61.8 Å². The molecule has 1 aliphatic heterocycles. The summed E-state index contributed by atoms with van der Waals surface area (Å²) in [5, 5.41) is 0.607. The maximum Gasteiger partial charge on any atom is 0.347 e. The number of ketones is 1. The lowest BCUT2D eigenvalue weighted by molar-refractivity contribution is 0.0731. The van der Waals surface area contributed by atoms with Crippen molar-refractivity contribution in [3.8, 4) is 17.2 Å². The highest BCUT2D eigenvalue weighted by molar-refractivity contribution is 6.30. The van der Waals surface area contributed by atoms with Crippen molar-refractivity contribution in [2.24, 2.45) is 0 Å². The van der Waals surface area contributed by atoms with E-state index in [1.807, 2.05) is 0 Å². The highest BCUT2D eigenvalue weighted by atomic mass is 35.5. The van der Waals surface area contributed by atoms with Gasteiger partial charge >= 0.3 is 5.97 Å². The minimum Gasteiger partial charge on any atom is -0.496 e. The second-order valence-corrected chi connectivity index (χ2v) is 6.68. The summed E-state index contributed by atoms with van der Waals surface area (Å²) in [5.41, 5.74) is 1.49. The summed E-state index contributed by atoms with van der Waals surface area (Å²) in [6, 6.07) is 18.5. The molecule has 3 aromatic carbocycles. The molecule has 0 aromatic heterocycles. The second-order valence-electron chi connectivity index (χ2n) is 6.24. The fourth-order valence-corrected chi connectivity index (χ4v) is 3.04. The Hall–Kier alpha value is -3.57. The number of rotatable bonds is 4. The maximum atomic E-state index is 12.6. The molecular formula is C23H15ClO5. The van der Waals surface area contributed by atoms with Gasteiger partial charge in [-0.3, -0.25) is 4.79 Å². The van der Waals surface area contributed by atoms with E-state index in [1.54, 1.807) is 66.7 Å². The number of halogens is 1. The number of methoxy groups -OCH3 is 1. The van der Waals surface area contributed by atoms with Crippen LogP contribution in [0.2, 0.25) is 5.02 Å². The first-order valence-electron chi connectivity index (χ1n) is 8.74. The number of allylic oxidation sites excluding steroid dienone is 1. The lowest BCUT2D eigenvalue weighted by Gasteiger charge is -2.08. The van der Waals surface area contributed by atoms with Crippen LogP contribution in [0.15, 0.2) is 72.5 Å². The number of hydrogen-bond donors (Lipinski definition) is 0. The highest BCUT2D eigenvalue weighted by Crippen LogP contribution is 2.35. The monoisotopic (exact) mass is 406 g/mol. The van der Waals surface area contributed by atoms with E-state index in [2.05, 4.69) is 0 Å². The summed E-state index contributed by atoms with van der Waals surface area (Å²) < 4.78 is 16.3. The maximum absolute atomic E-state index is 12.6. The lowest BCUT2D eigenvalue weighted by atomic mass is 10.1. The molecule has 0 atom stereocenters. The average Bonchev–Trinajstić information content (AvgIpc) is 3.04. The zero-order chi connectivity index (χ0) is 20.4. The molecule has 144 valence electrons. The third kappa shape index (κ3) is 3.86. The van der Waals surface area contributed by atoms with Gasteiger partial charge in [-0.05, 0) is 48.0 Å². The number of ether oxygens (including phenoxy) is 3. The van der Waals surface area contributed by atoms with Crippen LogP contribution in [-0.2, 0) is 0 Å². The van der Waals surface area contributed by atoms with Crippen molar-refractivity contribution < 1.29 is 23.8 Å². The normalized spacial score (nSPS) is 13.7. The summed E-state index contributed by atoms with van der Waals surface area (Å²) in [4.78, 5) is 25.0. The van der Waals surface area contributed by atoms with Gasteiger partial charge in [0.1, 0.15) is 22.8 Å². The highest BCUT2D eigenvalue weighted by Gasteiger charge is 2.28. The molecule has 0 fully saturated rings. The van der Waals surface area contributed by atoms with Crippen LogP contribution in [-0.4, -0.2) is 18.9 Å². The Kier molecular flexibility index (Phi) is 5.06. The van der Waals surface area contributed by atoms with Crippen molar-refractivity contribution in [1.29, 1.82) is 0 Å². The van der Waals surface area contributed by atoms with Crippen molar-refractivity contribution in [2.75, 3.05) is 7.11 Å². The van der Waals surface area contributed by atoms with E-state index in [4.69, 9.17) is 25.8 Å². The van der Waals surface area contributed by atoms with Gasteiger partial charge in [-0.1, -0.05) is 35.9 Å². The number of esters is 1. The average molecular weight is 407 g/mol. The second kappa shape index (κ2) is 7.81. The Balaban J connectivity index is 1.56. The molecule has 1 aliphatic rings. The van der Waals surface area contributed by atoms with Crippen LogP contribution in [0, 0.1) is 0 Å². The van der Waals surface area contributed by atoms with E-state index in [-0.39, 0.29) is 17.3 Å². The Bertz CT molecular complexity index is 1130. The van der Waals surface area contributed by atoms with Gasteiger partial charge in [0.2, 0.25) is 5.78 Å². The summed E-state index contributed by atoms with van der Waals surface area (Å²) in [6.07, 6.45) is 1.64. The Morgan fingerprint density at radius 2 is 1.79 bits per heavy atom. The standard InChI is InChI=1S/C23H15ClO5/c1-27-19-5-3-2-4-18(19)23(26)28-16-10-11-17-20(13-16)29-21(22(17)25)12-14-6-8-15(24)9-7-14/h2-13H,1H3/b21-12-. The first-order valence-corrected chi connectivity index (χ1v) is 9.12. The van der Waals surface area contributed by atoms with E-state index in [0.29, 0.717) is 27.6 Å². The summed E-state index contributed by atoms with van der Waals surface area (Å²) >= 11 is 5.88. The first-order chi connectivity index (χ1) is 14.0. The van der Waals surface area contributed by atoms with Crippen molar-refractivity contribution >= 4 is 29.4 Å². The van der Waals surface area contributed by atoms with Gasteiger partial charge in [-0.15, -0.1) is 0 Å². The number of carbonyl (C=O) groups excluding carboxylic acids is 2. The minimum atomic E-state index is -0.566. The van der Waals surface area contributed by atoms with Crippen molar-refractivity contribution in [2.45, 2.75) is 0 Å². The van der Waals surface area contributed by atoms with Crippen LogP contribution in [0.5, 0.6) is 17.2 Å². The third-order valence-electron chi connectivity index (χ3n) is 4.35. The molecule has 0 unspecified atom stereocenters. The van der Waals surface area contributed by atoms with E-state index < -0.39 is 5.97 Å². The van der Waals surface area contributed by atoms with Crippen LogP contribution < -0.4 is 14.2 Å². The van der Waals surface area contributed by atoms with E-state index in [1.165, 1.54) is 13.2 Å². The molecule has 0 amide bonds. The number of fused-ring (bicyclic) bond motifs is 1. The van der Waals surface area contributed by atoms with Crippen LogP contribution in [0.1, 0.15) is 26.3 Å².